The zero-order valence-electron chi connectivity index (χ0n) is 20.8. The van der Waals surface area contributed by atoms with E-state index in [0.29, 0.717) is 22.7 Å². The van der Waals surface area contributed by atoms with Crippen LogP contribution in [0.15, 0.2) is 82.1 Å². The van der Waals surface area contributed by atoms with E-state index in [1.165, 1.54) is 23.8 Å². The highest BCUT2D eigenvalue weighted by molar-refractivity contribution is 9.10. The highest BCUT2D eigenvalue weighted by Gasteiger charge is 2.30. The second-order valence-electron chi connectivity index (χ2n) is 8.38. The first-order valence-corrected chi connectivity index (χ1v) is 13.5. The van der Waals surface area contributed by atoms with Crippen LogP contribution in [0.25, 0.3) is 16.8 Å². The molecule has 2 heterocycles. The van der Waals surface area contributed by atoms with Gasteiger partial charge in [0.15, 0.2) is 0 Å². The second-order valence-corrected chi connectivity index (χ2v) is 10.3. The Morgan fingerprint density at radius 2 is 1.72 bits per heavy atom. The number of thiazole rings is 1. The summed E-state index contributed by atoms with van der Waals surface area (Å²) in [6, 6.07) is 20.2. The van der Waals surface area contributed by atoms with Gasteiger partial charge in [-0.2, -0.15) is 0 Å². The summed E-state index contributed by atoms with van der Waals surface area (Å²) < 4.78 is 12.6. The molecule has 1 aliphatic rings. The van der Waals surface area contributed by atoms with Crippen molar-refractivity contribution in [2.45, 2.75) is 6.92 Å². The monoisotopic (exact) mass is 604 g/mol. The van der Waals surface area contributed by atoms with E-state index in [9.17, 15) is 19.2 Å². The number of ketones is 1. The van der Waals surface area contributed by atoms with Crippen LogP contribution >= 0.6 is 27.3 Å². The number of nitrogens with zero attached hydrogens (tertiary/aromatic N) is 1. The molecule has 0 atom stereocenters. The van der Waals surface area contributed by atoms with Crippen molar-refractivity contribution >= 4 is 61.8 Å². The van der Waals surface area contributed by atoms with Gasteiger partial charge < -0.3 is 14.8 Å². The molecule has 0 radical (unpaired) electrons. The van der Waals surface area contributed by atoms with Crippen molar-refractivity contribution in [1.29, 1.82) is 0 Å². The van der Waals surface area contributed by atoms with Crippen LogP contribution in [0.2, 0.25) is 0 Å². The highest BCUT2D eigenvalue weighted by atomic mass is 79.9. The number of carbonyl (C=O) groups excluding carboxylic acids is 3. The number of carbonyl (C=O) groups is 3. The average molecular weight is 605 g/mol. The molecule has 0 saturated carbocycles. The lowest BCUT2D eigenvalue weighted by Crippen LogP contribution is -2.34. The van der Waals surface area contributed by atoms with Crippen LogP contribution in [0.3, 0.4) is 0 Å². The summed E-state index contributed by atoms with van der Waals surface area (Å²) in [6.45, 7) is 1.65. The Kier molecular flexibility index (Phi) is 7.32. The molecule has 5 rings (SSSR count). The molecule has 0 fully saturated rings. The number of nitrogens with one attached hydrogen (secondary N) is 1. The third-order valence-corrected chi connectivity index (χ3v) is 7.70. The highest BCUT2D eigenvalue weighted by Crippen LogP contribution is 2.32. The molecule has 3 aromatic carbocycles. The summed E-state index contributed by atoms with van der Waals surface area (Å²) in [6.07, 6.45) is 0. The number of rotatable bonds is 6. The number of hydrogen-bond acceptors (Lipinski definition) is 7. The van der Waals surface area contributed by atoms with Gasteiger partial charge in [-0.15, -0.1) is 11.3 Å². The predicted octanol–water partition coefficient (Wildman–Crippen LogP) is 3.42. The first-order chi connectivity index (χ1) is 18.8. The van der Waals surface area contributed by atoms with Crippen molar-refractivity contribution in [3.8, 4) is 11.4 Å². The van der Waals surface area contributed by atoms with Gasteiger partial charge >= 0.3 is 5.97 Å². The lowest BCUT2D eigenvalue weighted by Gasteiger charge is -2.09. The van der Waals surface area contributed by atoms with Crippen molar-refractivity contribution in [2.75, 3.05) is 19.0 Å². The Morgan fingerprint density at radius 1 is 1.00 bits per heavy atom. The molecule has 1 N–H and O–H groups in total. The largest absolute Gasteiger partial charge is 0.497 e. The molecule has 10 heteroatoms. The van der Waals surface area contributed by atoms with E-state index in [4.69, 9.17) is 9.47 Å². The van der Waals surface area contributed by atoms with Crippen LogP contribution in [0.5, 0.6) is 5.75 Å². The molecule has 1 amide bonds. The minimum absolute atomic E-state index is 0.0210. The number of hydrogen-bond donors (Lipinski definition) is 1. The van der Waals surface area contributed by atoms with Crippen molar-refractivity contribution in [1.82, 2.24) is 4.57 Å². The number of methoxy groups -OCH3 is 1. The number of para-hydroxylation sites is 1. The number of halogens is 1. The molecule has 1 aliphatic heterocycles. The van der Waals surface area contributed by atoms with Crippen molar-refractivity contribution in [2.24, 2.45) is 0 Å². The zero-order valence-corrected chi connectivity index (χ0v) is 23.2. The predicted molar refractivity (Wildman–Crippen MR) is 152 cm³/mol. The molecule has 1 aromatic heterocycles. The Hall–Kier alpha value is -4.28. The van der Waals surface area contributed by atoms with Gasteiger partial charge in [0, 0.05) is 21.3 Å². The summed E-state index contributed by atoms with van der Waals surface area (Å²) in [4.78, 5) is 54.2. The van der Waals surface area contributed by atoms with Gasteiger partial charge in [0.25, 0.3) is 11.5 Å². The van der Waals surface area contributed by atoms with Crippen LogP contribution in [-0.4, -0.2) is 35.9 Å². The fourth-order valence-corrected chi connectivity index (χ4v) is 5.84. The maximum Gasteiger partial charge on any atom is 0.345 e. The molecule has 0 spiro atoms. The van der Waals surface area contributed by atoms with E-state index in [0.717, 1.165) is 15.8 Å². The minimum Gasteiger partial charge on any atom is -0.497 e. The van der Waals surface area contributed by atoms with Gasteiger partial charge in [-0.25, -0.2) is 4.79 Å². The standard InChI is InChI=1S/C29H21BrN2O6S/c1-3-38-29(36)23(24(33)16-9-12-19(37-2)13-10-16)28-32(18-7-5-4-6-8-18)27(35)25(39-28)22-20-15-17(30)11-14-21(20)31-26(22)34/h4-15H,3H2,1-2H3,(H,31,34). The topological polar surface area (TPSA) is 104 Å². The van der Waals surface area contributed by atoms with Crippen LogP contribution in [0, 0.1) is 0 Å². The van der Waals surface area contributed by atoms with Gasteiger partial charge in [0.2, 0.25) is 5.78 Å². The number of Topliss-reactive ketones (excluding diaryl/α,β-unsaturated/α-hetero) is 1. The first kappa shape index (κ1) is 26.3. The van der Waals surface area contributed by atoms with E-state index >= 15 is 0 Å². The van der Waals surface area contributed by atoms with Gasteiger partial charge in [-0.1, -0.05) is 34.1 Å². The summed E-state index contributed by atoms with van der Waals surface area (Å²) in [7, 11) is 1.51. The smallest absolute Gasteiger partial charge is 0.345 e. The van der Waals surface area contributed by atoms with Crippen molar-refractivity contribution in [3.63, 3.8) is 0 Å². The number of benzene rings is 3. The first-order valence-electron chi connectivity index (χ1n) is 11.9. The second kappa shape index (κ2) is 10.8. The Balaban J connectivity index is 1.92. The normalized spacial score (nSPS) is 14.4. The summed E-state index contributed by atoms with van der Waals surface area (Å²) in [5, 5.41) is 2.79. The fourth-order valence-electron chi connectivity index (χ4n) is 4.24. The molecule has 0 unspecified atom stereocenters. The zero-order chi connectivity index (χ0) is 27.7. The molecule has 0 aliphatic carbocycles. The summed E-state index contributed by atoms with van der Waals surface area (Å²) >= 11 is 4.32. The quantitative estimate of drug-likeness (QED) is 0.205. The number of amides is 1. The molecule has 4 aromatic rings. The van der Waals surface area contributed by atoms with E-state index in [2.05, 4.69) is 21.2 Å². The Bertz CT molecular complexity index is 1810. The lowest BCUT2D eigenvalue weighted by molar-refractivity contribution is -0.136. The van der Waals surface area contributed by atoms with E-state index in [-0.39, 0.29) is 32.5 Å². The maximum atomic E-state index is 14.0. The van der Waals surface area contributed by atoms with Gasteiger partial charge in [0.1, 0.15) is 20.5 Å². The van der Waals surface area contributed by atoms with E-state index in [1.54, 1.807) is 67.6 Å². The minimum atomic E-state index is -0.875. The molecule has 196 valence electrons. The van der Waals surface area contributed by atoms with Crippen molar-refractivity contribution in [3.05, 3.63) is 108 Å². The summed E-state index contributed by atoms with van der Waals surface area (Å²) in [5.74, 6) is -1.41. The van der Waals surface area contributed by atoms with Crippen LogP contribution in [-0.2, 0) is 14.3 Å². The number of anilines is 1. The van der Waals surface area contributed by atoms with Crippen LogP contribution in [0.1, 0.15) is 22.8 Å². The van der Waals surface area contributed by atoms with Gasteiger partial charge in [-0.05, 0) is 61.5 Å². The molecular formula is C29H21BrN2O6S. The average Bonchev–Trinajstić information content (AvgIpc) is 3.44. The lowest BCUT2D eigenvalue weighted by atomic mass is 10.0. The van der Waals surface area contributed by atoms with E-state index in [1.807, 2.05) is 0 Å². The third-order valence-electron chi connectivity index (χ3n) is 6.04. The number of ether oxygens (including phenoxy) is 2. The van der Waals surface area contributed by atoms with Crippen LogP contribution < -0.4 is 24.8 Å². The molecular weight excluding hydrogens is 584 g/mol. The number of fused-ring (bicyclic) bond motifs is 1. The number of esters is 1. The van der Waals surface area contributed by atoms with Crippen LogP contribution in [0.4, 0.5) is 5.69 Å². The van der Waals surface area contributed by atoms with E-state index < -0.39 is 23.2 Å². The van der Waals surface area contributed by atoms with Gasteiger partial charge in [-0.3, -0.25) is 19.0 Å². The molecule has 0 bridgehead atoms. The molecule has 8 nitrogen and oxygen atoms in total. The molecule has 0 saturated heterocycles. The SMILES string of the molecule is CCOC(=O)C(C(=O)c1ccc(OC)cc1)=c1sc(=C2C(=O)Nc3ccc(Br)cc32)c(=O)n1-c1ccccc1. The maximum absolute atomic E-state index is 14.0. The third kappa shape index (κ3) is 4.84. The summed E-state index contributed by atoms with van der Waals surface area (Å²) in [5.41, 5.74) is 1.05. The molecule has 39 heavy (non-hydrogen) atoms. The number of aromatic nitrogens is 1. The Morgan fingerprint density at radius 3 is 2.38 bits per heavy atom. The van der Waals surface area contributed by atoms with Gasteiger partial charge in [0.05, 0.1) is 25.0 Å². The Labute approximate surface area is 234 Å². The fraction of sp³-hybridized carbons (Fsp3) is 0.103. The van der Waals surface area contributed by atoms with Crippen molar-refractivity contribution < 1.29 is 23.9 Å².